The summed E-state index contributed by atoms with van der Waals surface area (Å²) in [6.45, 7) is 9.27. The van der Waals surface area contributed by atoms with Crippen molar-refractivity contribution in [2.45, 2.75) is 102 Å². The number of esters is 2. The molecule has 17 heteroatoms. The quantitative estimate of drug-likeness (QED) is 0.160. The third-order valence-corrected chi connectivity index (χ3v) is 8.65. The maximum absolute atomic E-state index is 12.3. The maximum atomic E-state index is 12.3. The maximum Gasteiger partial charge on any atom is 0.305 e. The minimum Gasteiger partial charge on any atom is -0.434 e. The zero-order valence-electron chi connectivity index (χ0n) is 26.7. The molecule has 0 bridgehead atoms. The highest BCUT2D eigenvalue weighted by Gasteiger charge is 2.46. The highest BCUT2D eigenvalue weighted by molar-refractivity contribution is 7.86. The van der Waals surface area contributed by atoms with Crippen LogP contribution in [0.25, 0.3) is 0 Å². The van der Waals surface area contributed by atoms with Crippen molar-refractivity contribution >= 4 is 33.9 Å². The van der Waals surface area contributed by atoms with Crippen LogP contribution in [0, 0.1) is 18.8 Å². The molecular weight excluding hydrogens is 632 g/mol. The van der Waals surface area contributed by atoms with E-state index in [-0.39, 0.29) is 16.7 Å². The van der Waals surface area contributed by atoms with Gasteiger partial charge in [-0.25, -0.2) is 0 Å². The lowest BCUT2D eigenvalue weighted by atomic mass is 9.89. The zero-order valence-corrected chi connectivity index (χ0v) is 27.6. The van der Waals surface area contributed by atoms with Crippen LogP contribution in [0.2, 0.25) is 0 Å². The van der Waals surface area contributed by atoms with E-state index in [0.29, 0.717) is 0 Å². The van der Waals surface area contributed by atoms with Crippen molar-refractivity contribution < 1.29 is 66.0 Å². The van der Waals surface area contributed by atoms with Gasteiger partial charge in [-0.3, -0.25) is 23.4 Å². The van der Waals surface area contributed by atoms with Crippen LogP contribution in [0.5, 0.6) is 0 Å². The van der Waals surface area contributed by atoms with Crippen LogP contribution >= 0.6 is 0 Å². The molecule has 2 heterocycles. The number of hydrogen-bond acceptors (Lipinski definition) is 14. The van der Waals surface area contributed by atoms with E-state index in [1.165, 1.54) is 39.8 Å². The number of rotatable bonds is 9. The van der Waals surface area contributed by atoms with Crippen molar-refractivity contribution in [2.24, 2.45) is 11.8 Å². The van der Waals surface area contributed by atoms with Gasteiger partial charge in [-0.1, -0.05) is 31.5 Å². The first kappa shape index (κ1) is 39.0. The van der Waals surface area contributed by atoms with Gasteiger partial charge >= 0.3 is 11.9 Å². The fourth-order valence-electron chi connectivity index (χ4n) is 4.89. The van der Waals surface area contributed by atoms with Gasteiger partial charge in [0, 0.05) is 39.5 Å². The molecule has 2 aliphatic rings. The molecule has 1 aromatic carbocycles. The fourth-order valence-corrected chi connectivity index (χ4v) is 5.81. The summed E-state index contributed by atoms with van der Waals surface area (Å²) >= 11 is 0. The van der Waals surface area contributed by atoms with Crippen LogP contribution in [0.15, 0.2) is 29.2 Å². The lowest BCUT2D eigenvalue weighted by Gasteiger charge is -2.42. The van der Waals surface area contributed by atoms with Crippen molar-refractivity contribution in [2.75, 3.05) is 13.2 Å². The lowest BCUT2D eigenvalue weighted by Crippen LogP contribution is -2.61. The van der Waals surface area contributed by atoms with Crippen molar-refractivity contribution in [3.8, 4) is 0 Å². The summed E-state index contributed by atoms with van der Waals surface area (Å²) in [6.07, 6.45) is -6.22. The Bertz CT molecular complexity index is 1310. The number of aryl methyl sites for hydroxylation is 1. The fraction of sp³-hybridized carbons (Fsp3) is 0.655. The molecule has 0 spiro atoms. The van der Waals surface area contributed by atoms with Crippen LogP contribution in [-0.2, 0) is 52.4 Å². The SMILES string of the molecule is CC(=O)NC1C(OC(C)=O)OC(CO)C(O)C1C.CC(=O)NC1C(OC(C)=O)OC(COS(=O)(=O)c2ccc(C)cc2)C(O)C1C. The van der Waals surface area contributed by atoms with Gasteiger partial charge in [0.1, 0.15) is 12.2 Å². The van der Waals surface area contributed by atoms with Crippen LogP contribution < -0.4 is 10.6 Å². The average molecular weight is 677 g/mol. The molecule has 3 rings (SSSR count). The lowest BCUT2D eigenvalue weighted by molar-refractivity contribution is -0.250. The molecule has 2 aliphatic heterocycles. The second-order valence-corrected chi connectivity index (χ2v) is 12.8. The molecule has 0 aromatic heterocycles. The second kappa shape index (κ2) is 17.1. The Balaban J connectivity index is 0.000000353. The van der Waals surface area contributed by atoms with Crippen LogP contribution in [0.4, 0.5) is 0 Å². The standard InChI is InChI=1S/C18H25NO8S.C11H19NO6/c1-10-5-7-14(8-6-10)28(23,24)25-9-15-17(22)11(2)16(19-12(3)20)18(27-15)26-13(4)21;1-5-9(12-6(2)14)11(17-7(3)15)18-8(4-13)10(5)16/h5-8,11,15-18,22H,9H2,1-4H3,(H,19,20);5,8-11,13,16H,4H2,1-3H3,(H,12,14). The molecule has 5 N–H and O–H groups in total. The van der Waals surface area contributed by atoms with Crippen LogP contribution in [0.3, 0.4) is 0 Å². The molecule has 260 valence electrons. The molecule has 2 saturated heterocycles. The van der Waals surface area contributed by atoms with E-state index in [2.05, 4.69) is 10.6 Å². The van der Waals surface area contributed by atoms with Crippen molar-refractivity contribution in [3.63, 3.8) is 0 Å². The minimum atomic E-state index is -4.06. The van der Waals surface area contributed by atoms with E-state index in [4.69, 9.17) is 28.2 Å². The van der Waals surface area contributed by atoms with E-state index >= 15 is 0 Å². The zero-order chi connectivity index (χ0) is 34.9. The Morgan fingerprint density at radius 3 is 1.59 bits per heavy atom. The Labute approximate surface area is 267 Å². The molecular formula is C29H44N2O14S. The summed E-state index contributed by atoms with van der Waals surface area (Å²) in [5.74, 6) is -2.91. The predicted molar refractivity (Wildman–Crippen MR) is 158 cm³/mol. The molecule has 2 amide bonds. The van der Waals surface area contributed by atoms with Gasteiger partial charge in [-0.2, -0.15) is 8.42 Å². The third-order valence-electron chi connectivity index (χ3n) is 7.36. The summed E-state index contributed by atoms with van der Waals surface area (Å²) in [5.41, 5.74) is 0.895. The predicted octanol–water partition coefficient (Wildman–Crippen LogP) is -0.742. The van der Waals surface area contributed by atoms with E-state index in [9.17, 15) is 37.8 Å². The third kappa shape index (κ3) is 11.0. The number of hydrogen-bond donors (Lipinski definition) is 5. The summed E-state index contributed by atoms with van der Waals surface area (Å²) in [5, 5.41) is 34.6. The summed E-state index contributed by atoms with van der Waals surface area (Å²) < 4.78 is 50.6. The van der Waals surface area contributed by atoms with Gasteiger partial charge in [0.25, 0.3) is 10.1 Å². The van der Waals surface area contributed by atoms with E-state index in [0.717, 1.165) is 5.56 Å². The van der Waals surface area contributed by atoms with Crippen molar-refractivity contribution in [3.05, 3.63) is 29.8 Å². The Hall–Kier alpha value is -3.19. The molecule has 0 radical (unpaired) electrons. The Kier molecular flexibility index (Phi) is 14.5. The smallest absolute Gasteiger partial charge is 0.305 e. The van der Waals surface area contributed by atoms with Crippen LogP contribution in [-0.4, -0.2) is 110 Å². The number of benzene rings is 1. The van der Waals surface area contributed by atoms with Gasteiger partial charge in [0.15, 0.2) is 0 Å². The second-order valence-electron chi connectivity index (χ2n) is 11.2. The number of carbonyl (C=O) groups is 4. The van der Waals surface area contributed by atoms with E-state index in [1.54, 1.807) is 26.0 Å². The highest BCUT2D eigenvalue weighted by atomic mass is 32.2. The topological polar surface area (TPSA) is 233 Å². The number of carbonyl (C=O) groups excluding carboxylic acids is 4. The van der Waals surface area contributed by atoms with Gasteiger partial charge in [0.05, 0.1) is 42.4 Å². The summed E-state index contributed by atoms with van der Waals surface area (Å²) in [7, 11) is -4.06. The first-order valence-electron chi connectivity index (χ1n) is 14.5. The number of aliphatic hydroxyl groups is 3. The molecule has 16 nitrogen and oxygen atoms in total. The molecule has 2 fully saturated rings. The van der Waals surface area contributed by atoms with E-state index in [1.807, 2.05) is 6.92 Å². The van der Waals surface area contributed by atoms with Gasteiger partial charge in [-0.05, 0) is 19.1 Å². The molecule has 10 unspecified atom stereocenters. The molecule has 0 aliphatic carbocycles. The molecule has 1 aromatic rings. The van der Waals surface area contributed by atoms with Gasteiger partial charge in [-0.15, -0.1) is 0 Å². The number of ether oxygens (including phenoxy) is 4. The Morgan fingerprint density at radius 2 is 1.20 bits per heavy atom. The monoisotopic (exact) mass is 676 g/mol. The number of nitrogens with one attached hydrogen (secondary N) is 2. The normalized spacial score (nSPS) is 31.0. The van der Waals surface area contributed by atoms with Crippen molar-refractivity contribution in [1.29, 1.82) is 0 Å². The van der Waals surface area contributed by atoms with E-state index < -0.39 is 96.2 Å². The average Bonchev–Trinajstić information content (AvgIpc) is 2.95. The van der Waals surface area contributed by atoms with Gasteiger partial charge < -0.3 is 44.9 Å². The van der Waals surface area contributed by atoms with Gasteiger partial charge in [0.2, 0.25) is 24.4 Å². The van der Waals surface area contributed by atoms with Crippen LogP contribution in [0.1, 0.15) is 47.1 Å². The highest BCUT2D eigenvalue weighted by Crippen LogP contribution is 2.29. The number of amides is 2. The molecule has 10 atom stereocenters. The minimum absolute atomic E-state index is 0.0240. The summed E-state index contributed by atoms with van der Waals surface area (Å²) in [6, 6.07) is 4.67. The summed E-state index contributed by atoms with van der Waals surface area (Å²) in [4.78, 5) is 44.9. The van der Waals surface area contributed by atoms with Crippen molar-refractivity contribution in [1.82, 2.24) is 10.6 Å². The largest absolute Gasteiger partial charge is 0.434 e. The molecule has 0 saturated carbocycles. The number of aliphatic hydroxyl groups excluding tert-OH is 3. The first-order valence-corrected chi connectivity index (χ1v) is 15.9. The Morgan fingerprint density at radius 1 is 0.783 bits per heavy atom. The molecule has 46 heavy (non-hydrogen) atoms. The first-order chi connectivity index (χ1) is 21.4.